The van der Waals surface area contributed by atoms with Crippen LogP contribution in [0.3, 0.4) is 0 Å². The molecular weight excluding hydrogens is 410 g/mol. The van der Waals surface area contributed by atoms with E-state index in [2.05, 4.69) is 0 Å². The first-order valence-electron chi connectivity index (χ1n) is 10.7. The number of amides is 1. The molecule has 1 amide bonds. The Morgan fingerprint density at radius 2 is 1.91 bits per heavy atom. The molecule has 0 spiro atoms. The molecular formula is C25H27NO6. The van der Waals surface area contributed by atoms with Gasteiger partial charge >= 0.3 is 0 Å². The first-order chi connectivity index (χ1) is 15.4. The summed E-state index contributed by atoms with van der Waals surface area (Å²) in [7, 11) is 3.16. The highest BCUT2D eigenvalue weighted by Gasteiger charge is 2.45. The largest absolute Gasteiger partial charge is 0.507 e. The van der Waals surface area contributed by atoms with Crippen molar-refractivity contribution < 1.29 is 28.9 Å². The van der Waals surface area contributed by atoms with Crippen LogP contribution in [-0.4, -0.2) is 55.2 Å². The minimum atomic E-state index is -0.693. The fourth-order valence-electron chi connectivity index (χ4n) is 4.35. The summed E-state index contributed by atoms with van der Waals surface area (Å²) in [5, 5.41) is 11.2. The topological polar surface area (TPSA) is 85.3 Å². The van der Waals surface area contributed by atoms with E-state index in [1.807, 2.05) is 25.1 Å². The number of aliphatic hydroxyl groups is 1. The van der Waals surface area contributed by atoms with Gasteiger partial charge in [-0.25, -0.2) is 0 Å². The van der Waals surface area contributed by atoms with Crippen molar-refractivity contribution in [2.24, 2.45) is 0 Å². The lowest BCUT2D eigenvalue weighted by Gasteiger charge is -2.25. The number of hydrogen-bond acceptors (Lipinski definition) is 6. The minimum Gasteiger partial charge on any atom is -0.507 e. The molecule has 1 saturated heterocycles. The number of rotatable bonds is 7. The van der Waals surface area contributed by atoms with Crippen molar-refractivity contribution in [2.45, 2.75) is 31.9 Å². The van der Waals surface area contributed by atoms with Crippen LogP contribution in [-0.2, 0) is 20.7 Å². The third kappa shape index (κ3) is 3.96. The molecule has 1 fully saturated rings. The normalized spacial score (nSPS) is 21.5. The van der Waals surface area contributed by atoms with Crippen LogP contribution in [0.1, 0.15) is 36.1 Å². The molecule has 0 aliphatic carbocycles. The third-order valence-electron chi connectivity index (χ3n) is 5.89. The van der Waals surface area contributed by atoms with E-state index >= 15 is 0 Å². The molecule has 1 N–H and O–H groups in total. The summed E-state index contributed by atoms with van der Waals surface area (Å²) >= 11 is 0. The van der Waals surface area contributed by atoms with E-state index in [1.165, 1.54) is 4.90 Å². The van der Waals surface area contributed by atoms with Crippen LogP contribution in [0.4, 0.5) is 0 Å². The zero-order valence-electron chi connectivity index (χ0n) is 18.5. The van der Waals surface area contributed by atoms with Crippen LogP contribution in [0.5, 0.6) is 11.5 Å². The van der Waals surface area contributed by atoms with Crippen molar-refractivity contribution in [2.75, 3.05) is 27.4 Å². The SMILES string of the molecule is COCCCN1C(=O)C(=O)/C(=C(/O)c2ccc3c(c2)CC(C)O3)C1c1ccc(OC)cc1. The van der Waals surface area contributed by atoms with Gasteiger partial charge in [-0.3, -0.25) is 9.59 Å². The highest BCUT2D eigenvalue weighted by Crippen LogP contribution is 2.41. The monoisotopic (exact) mass is 437 g/mol. The summed E-state index contributed by atoms with van der Waals surface area (Å²) in [6.07, 6.45) is 1.36. The van der Waals surface area contributed by atoms with Crippen molar-refractivity contribution in [3.8, 4) is 11.5 Å². The highest BCUT2D eigenvalue weighted by atomic mass is 16.5. The molecule has 2 aromatic rings. The molecule has 7 heteroatoms. The lowest BCUT2D eigenvalue weighted by Crippen LogP contribution is -2.31. The van der Waals surface area contributed by atoms with Crippen molar-refractivity contribution in [3.63, 3.8) is 0 Å². The van der Waals surface area contributed by atoms with E-state index in [0.717, 1.165) is 23.3 Å². The number of benzene rings is 2. The maximum absolute atomic E-state index is 13.1. The molecule has 4 rings (SSSR count). The maximum atomic E-state index is 13.1. The van der Waals surface area contributed by atoms with E-state index in [0.29, 0.717) is 30.9 Å². The lowest BCUT2D eigenvalue weighted by molar-refractivity contribution is -0.140. The number of hydrogen-bond donors (Lipinski definition) is 1. The Kier molecular flexibility index (Phi) is 6.19. The smallest absolute Gasteiger partial charge is 0.295 e. The Morgan fingerprint density at radius 1 is 1.16 bits per heavy atom. The molecule has 2 aromatic carbocycles. The van der Waals surface area contributed by atoms with Gasteiger partial charge in [0.25, 0.3) is 11.7 Å². The molecule has 2 heterocycles. The Hall–Kier alpha value is -3.32. The number of Topliss-reactive ketones (excluding diaryl/α,β-unsaturated/α-hetero) is 1. The standard InChI is InChI=1S/C25H27NO6/c1-15-13-18-14-17(7-10-20(18)32-15)23(27)21-22(16-5-8-19(31-3)9-6-16)26(11-4-12-30-2)25(29)24(21)28/h5-10,14-15,22,27H,4,11-13H2,1-3H3/b23-21+. The molecule has 2 aliphatic heterocycles. The number of nitrogens with zero attached hydrogens (tertiary/aromatic N) is 1. The first kappa shape index (κ1) is 21.9. The highest BCUT2D eigenvalue weighted by molar-refractivity contribution is 6.46. The molecule has 0 aromatic heterocycles. The molecule has 7 nitrogen and oxygen atoms in total. The van der Waals surface area contributed by atoms with Crippen LogP contribution >= 0.6 is 0 Å². The number of likely N-dealkylation sites (tertiary alicyclic amines) is 1. The number of aliphatic hydroxyl groups excluding tert-OH is 1. The van der Waals surface area contributed by atoms with E-state index in [9.17, 15) is 14.7 Å². The average Bonchev–Trinajstić information content (AvgIpc) is 3.29. The minimum absolute atomic E-state index is 0.0630. The fourth-order valence-corrected chi connectivity index (χ4v) is 4.35. The number of ketones is 1. The molecule has 32 heavy (non-hydrogen) atoms. The molecule has 0 saturated carbocycles. The zero-order chi connectivity index (χ0) is 22.8. The predicted octanol–water partition coefficient (Wildman–Crippen LogP) is 3.48. The second-order valence-electron chi connectivity index (χ2n) is 8.07. The van der Waals surface area contributed by atoms with Crippen molar-refractivity contribution in [1.29, 1.82) is 0 Å². The molecule has 2 unspecified atom stereocenters. The number of ether oxygens (including phenoxy) is 3. The number of carbonyl (C=O) groups excluding carboxylic acids is 2. The lowest BCUT2D eigenvalue weighted by atomic mass is 9.94. The zero-order valence-corrected chi connectivity index (χ0v) is 18.5. The van der Waals surface area contributed by atoms with Gasteiger partial charge in [0.2, 0.25) is 0 Å². The van der Waals surface area contributed by atoms with E-state index < -0.39 is 17.7 Å². The Morgan fingerprint density at radius 3 is 2.59 bits per heavy atom. The van der Waals surface area contributed by atoms with Crippen LogP contribution in [0.15, 0.2) is 48.0 Å². The van der Waals surface area contributed by atoms with Crippen molar-refractivity contribution >= 4 is 17.4 Å². The maximum Gasteiger partial charge on any atom is 0.295 e. The number of fused-ring (bicyclic) bond motifs is 1. The van der Waals surface area contributed by atoms with Gasteiger partial charge in [-0.2, -0.15) is 0 Å². The molecule has 2 aliphatic rings. The van der Waals surface area contributed by atoms with E-state index in [4.69, 9.17) is 14.2 Å². The fraction of sp³-hybridized carbons (Fsp3) is 0.360. The average molecular weight is 437 g/mol. The van der Waals surface area contributed by atoms with Crippen molar-refractivity contribution in [3.05, 3.63) is 64.7 Å². The van der Waals surface area contributed by atoms with Gasteiger partial charge in [0.1, 0.15) is 23.4 Å². The van der Waals surface area contributed by atoms with Crippen LogP contribution in [0.2, 0.25) is 0 Å². The second kappa shape index (κ2) is 9.04. The van der Waals surface area contributed by atoms with Crippen LogP contribution in [0.25, 0.3) is 5.76 Å². The molecule has 0 bridgehead atoms. The Bertz CT molecular complexity index is 1060. The second-order valence-corrected chi connectivity index (χ2v) is 8.07. The van der Waals surface area contributed by atoms with E-state index in [1.54, 1.807) is 38.5 Å². The summed E-state index contributed by atoms with van der Waals surface area (Å²) in [5.41, 5.74) is 2.28. The quantitative estimate of drug-likeness (QED) is 0.309. The summed E-state index contributed by atoms with van der Waals surface area (Å²) in [5.74, 6) is -0.0493. The molecule has 2 atom stereocenters. The predicted molar refractivity (Wildman–Crippen MR) is 119 cm³/mol. The van der Waals surface area contributed by atoms with Gasteiger partial charge in [0.15, 0.2) is 0 Å². The Balaban J connectivity index is 1.79. The third-order valence-corrected chi connectivity index (χ3v) is 5.89. The van der Waals surface area contributed by atoms with Gasteiger partial charge in [0.05, 0.1) is 18.7 Å². The summed E-state index contributed by atoms with van der Waals surface area (Å²) in [6.45, 7) is 2.78. The van der Waals surface area contributed by atoms with E-state index in [-0.39, 0.29) is 17.4 Å². The number of methoxy groups -OCH3 is 2. The van der Waals surface area contributed by atoms with Crippen LogP contribution in [0, 0.1) is 0 Å². The Labute approximate surface area is 187 Å². The summed E-state index contributed by atoms with van der Waals surface area (Å²) < 4.78 is 16.1. The van der Waals surface area contributed by atoms with Gasteiger partial charge in [0, 0.05) is 32.2 Å². The van der Waals surface area contributed by atoms with Gasteiger partial charge < -0.3 is 24.2 Å². The van der Waals surface area contributed by atoms with Gasteiger partial charge in [-0.05, 0) is 54.8 Å². The molecule has 168 valence electrons. The van der Waals surface area contributed by atoms with Gasteiger partial charge in [-0.15, -0.1) is 0 Å². The van der Waals surface area contributed by atoms with Crippen molar-refractivity contribution in [1.82, 2.24) is 4.90 Å². The summed E-state index contributed by atoms with van der Waals surface area (Å²) in [4.78, 5) is 27.5. The summed E-state index contributed by atoms with van der Waals surface area (Å²) in [6, 6.07) is 11.8. The number of carbonyl (C=O) groups is 2. The van der Waals surface area contributed by atoms with Crippen LogP contribution < -0.4 is 9.47 Å². The molecule has 0 radical (unpaired) electrons. The van der Waals surface area contributed by atoms with Gasteiger partial charge in [-0.1, -0.05) is 12.1 Å². The first-order valence-corrected chi connectivity index (χ1v) is 10.7.